The molecule has 35 heavy (non-hydrogen) atoms. The van der Waals surface area contributed by atoms with Crippen LogP contribution in [0.3, 0.4) is 0 Å². The Hall–Kier alpha value is -3.44. The number of methoxy groups -OCH3 is 1. The molecule has 0 bridgehead atoms. The van der Waals surface area contributed by atoms with E-state index in [9.17, 15) is 14.9 Å². The molecule has 2 aromatic carbocycles. The average Bonchev–Trinajstić information content (AvgIpc) is 3.31. The highest BCUT2D eigenvalue weighted by Gasteiger charge is 2.26. The normalized spacial score (nSPS) is 14.9. The number of piperidine rings is 1. The van der Waals surface area contributed by atoms with Gasteiger partial charge in [-0.25, -0.2) is 0 Å². The summed E-state index contributed by atoms with van der Waals surface area (Å²) in [6.07, 6.45) is 3.56. The Balaban J connectivity index is 1.56. The molecule has 0 radical (unpaired) electrons. The van der Waals surface area contributed by atoms with Gasteiger partial charge in [0, 0.05) is 11.8 Å². The maximum Gasteiger partial charge on any atom is 0.292 e. The van der Waals surface area contributed by atoms with E-state index >= 15 is 0 Å². The molecule has 1 aliphatic heterocycles. The molecule has 2 heterocycles. The molecule has 3 aromatic rings. The van der Waals surface area contributed by atoms with Gasteiger partial charge in [0.15, 0.2) is 11.0 Å². The number of hydrogen-bond donors (Lipinski definition) is 1. The number of nitrogens with zero attached hydrogens (tertiary/aromatic N) is 5. The summed E-state index contributed by atoms with van der Waals surface area (Å²) in [6.45, 7) is 4.15. The number of hydrogen-bond acceptors (Lipinski definition) is 8. The van der Waals surface area contributed by atoms with Crippen LogP contribution in [0.1, 0.15) is 38.1 Å². The number of nitrogens with one attached hydrogen (secondary N) is 1. The molecule has 1 aliphatic rings. The lowest BCUT2D eigenvalue weighted by molar-refractivity contribution is -0.383. The summed E-state index contributed by atoms with van der Waals surface area (Å²) < 4.78 is 7.27. The first kappa shape index (κ1) is 24.7. The monoisotopic (exact) mass is 496 g/mol. The van der Waals surface area contributed by atoms with Gasteiger partial charge in [0.1, 0.15) is 11.4 Å². The number of anilines is 1. The molecule has 0 saturated carbocycles. The van der Waals surface area contributed by atoms with Crippen LogP contribution in [0.15, 0.2) is 53.7 Å². The van der Waals surface area contributed by atoms with Crippen molar-refractivity contribution in [3.05, 3.63) is 64.5 Å². The van der Waals surface area contributed by atoms with Gasteiger partial charge in [0.25, 0.3) is 5.69 Å². The van der Waals surface area contributed by atoms with E-state index in [1.807, 2.05) is 28.8 Å². The van der Waals surface area contributed by atoms with Gasteiger partial charge in [-0.2, -0.15) is 0 Å². The number of carbonyl (C=O) groups excluding carboxylic acids is 1. The minimum atomic E-state index is -0.517. The largest absolute Gasteiger partial charge is 0.497 e. The lowest BCUT2D eigenvalue weighted by Gasteiger charge is -2.31. The summed E-state index contributed by atoms with van der Waals surface area (Å²) in [5.41, 5.74) is 0.889. The highest BCUT2D eigenvalue weighted by molar-refractivity contribution is 7.99. The van der Waals surface area contributed by atoms with Gasteiger partial charge < -0.3 is 10.1 Å². The smallest absolute Gasteiger partial charge is 0.292 e. The number of ether oxygens (including phenoxy) is 1. The Morgan fingerprint density at radius 2 is 1.86 bits per heavy atom. The van der Waals surface area contributed by atoms with Crippen molar-refractivity contribution in [3.63, 3.8) is 0 Å². The molecule has 11 heteroatoms. The molecule has 1 atom stereocenters. The molecular weight excluding hydrogens is 468 g/mol. The van der Waals surface area contributed by atoms with Gasteiger partial charge in [0.05, 0.1) is 23.8 Å². The first-order chi connectivity index (χ1) is 17.0. The van der Waals surface area contributed by atoms with Gasteiger partial charge in [0.2, 0.25) is 5.91 Å². The summed E-state index contributed by atoms with van der Waals surface area (Å²) in [5, 5.41) is 23.4. The number of amides is 1. The van der Waals surface area contributed by atoms with Gasteiger partial charge in [-0.1, -0.05) is 30.3 Å². The number of benzene rings is 2. The fourth-order valence-corrected chi connectivity index (χ4v) is 4.90. The van der Waals surface area contributed by atoms with Gasteiger partial charge >= 0.3 is 0 Å². The van der Waals surface area contributed by atoms with Gasteiger partial charge in [-0.3, -0.25) is 24.4 Å². The second-order valence-electron chi connectivity index (χ2n) is 8.26. The van der Waals surface area contributed by atoms with Gasteiger partial charge in [-0.15, -0.1) is 10.2 Å². The minimum absolute atomic E-state index is 0.0262. The second kappa shape index (κ2) is 11.3. The quantitative estimate of drug-likeness (QED) is 0.262. The Labute approximate surface area is 207 Å². The Bertz CT molecular complexity index is 1180. The summed E-state index contributed by atoms with van der Waals surface area (Å²) in [5.74, 6) is 1.21. The fourth-order valence-electron chi connectivity index (χ4n) is 4.14. The molecule has 1 amide bonds. The molecule has 1 aromatic heterocycles. The number of aromatic nitrogens is 3. The maximum atomic E-state index is 12.6. The second-order valence-corrected chi connectivity index (χ2v) is 9.20. The molecular formula is C24H28N6O4S. The average molecular weight is 497 g/mol. The summed E-state index contributed by atoms with van der Waals surface area (Å²) in [6, 6.07) is 13.8. The zero-order valence-electron chi connectivity index (χ0n) is 19.7. The zero-order chi connectivity index (χ0) is 24.8. The molecule has 0 unspecified atom stereocenters. The Kier molecular flexibility index (Phi) is 7.98. The summed E-state index contributed by atoms with van der Waals surface area (Å²) in [7, 11) is 1.62. The number of thioether (sulfide) groups is 1. The Morgan fingerprint density at radius 1 is 1.14 bits per heavy atom. The van der Waals surface area contributed by atoms with Crippen LogP contribution in [0.5, 0.6) is 5.75 Å². The van der Waals surface area contributed by atoms with Crippen LogP contribution >= 0.6 is 11.8 Å². The zero-order valence-corrected chi connectivity index (χ0v) is 20.5. The van der Waals surface area contributed by atoms with Crippen molar-refractivity contribution >= 4 is 29.0 Å². The first-order valence-corrected chi connectivity index (χ1v) is 12.5. The number of nitro groups is 1. The van der Waals surface area contributed by atoms with Crippen molar-refractivity contribution in [1.82, 2.24) is 19.7 Å². The summed E-state index contributed by atoms with van der Waals surface area (Å²) >= 11 is 1.24. The van der Waals surface area contributed by atoms with Crippen LogP contribution in [0, 0.1) is 10.1 Å². The Morgan fingerprint density at radius 3 is 2.54 bits per heavy atom. The molecule has 0 spiro atoms. The molecule has 10 nitrogen and oxygen atoms in total. The molecule has 4 rings (SSSR count). The topological polar surface area (TPSA) is 115 Å². The van der Waals surface area contributed by atoms with Crippen LogP contribution in [-0.4, -0.2) is 56.4 Å². The standard InChI is InChI=1S/C24H28N6O4S/c1-17(28-14-6-3-7-15-28)23-26-27-24(29(23)18-10-12-19(34-2)13-11-18)35-16-22(31)25-20-8-4-5-9-21(20)30(32)33/h4-5,8-13,17H,3,6-7,14-16H2,1-2H3,(H,25,31)/t17-/m1/s1. The van der Waals surface area contributed by atoms with E-state index in [-0.39, 0.29) is 29.1 Å². The van der Waals surface area contributed by atoms with Crippen LogP contribution in [0.4, 0.5) is 11.4 Å². The lowest BCUT2D eigenvalue weighted by atomic mass is 10.1. The third kappa shape index (κ3) is 5.80. The van der Waals surface area contributed by atoms with Gasteiger partial charge in [-0.05, 0) is 63.2 Å². The van der Waals surface area contributed by atoms with Crippen LogP contribution in [0.25, 0.3) is 5.69 Å². The van der Waals surface area contributed by atoms with Crippen LogP contribution in [-0.2, 0) is 4.79 Å². The lowest BCUT2D eigenvalue weighted by Crippen LogP contribution is -2.33. The predicted molar refractivity (Wildman–Crippen MR) is 134 cm³/mol. The fraction of sp³-hybridized carbons (Fsp3) is 0.375. The van der Waals surface area contributed by atoms with Crippen molar-refractivity contribution < 1.29 is 14.5 Å². The SMILES string of the molecule is COc1ccc(-n2c(SCC(=O)Nc3ccccc3[N+](=O)[O-])nnc2[C@@H](C)N2CCCCC2)cc1. The number of nitro benzene ring substituents is 1. The highest BCUT2D eigenvalue weighted by Crippen LogP contribution is 2.30. The van der Waals surface area contributed by atoms with Crippen molar-refractivity contribution in [1.29, 1.82) is 0 Å². The van der Waals surface area contributed by atoms with E-state index in [1.54, 1.807) is 19.2 Å². The third-order valence-electron chi connectivity index (χ3n) is 6.01. The number of likely N-dealkylation sites (tertiary alicyclic amines) is 1. The van der Waals surface area contributed by atoms with Crippen LogP contribution < -0.4 is 10.1 Å². The van der Waals surface area contributed by atoms with E-state index in [0.717, 1.165) is 43.2 Å². The van der Waals surface area contributed by atoms with Crippen molar-refractivity contribution in [2.45, 2.75) is 37.4 Å². The molecule has 1 N–H and O–H groups in total. The van der Waals surface area contributed by atoms with E-state index in [0.29, 0.717) is 5.16 Å². The van der Waals surface area contributed by atoms with Crippen molar-refractivity contribution in [2.75, 3.05) is 31.3 Å². The predicted octanol–water partition coefficient (Wildman–Crippen LogP) is 4.46. The van der Waals surface area contributed by atoms with Crippen molar-refractivity contribution in [3.8, 4) is 11.4 Å². The molecule has 1 fully saturated rings. The van der Waals surface area contributed by atoms with E-state index < -0.39 is 4.92 Å². The number of carbonyl (C=O) groups is 1. The van der Waals surface area contributed by atoms with E-state index in [4.69, 9.17) is 4.74 Å². The first-order valence-electron chi connectivity index (χ1n) is 11.5. The highest BCUT2D eigenvalue weighted by atomic mass is 32.2. The van der Waals surface area contributed by atoms with E-state index in [1.165, 1.54) is 30.3 Å². The summed E-state index contributed by atoms with van der Waals surface area (Å²) in [4.78, 5) is 25.8. The van der Waals surface area contributed by atoms with Crippen LogP contribution in [0.2, 0.25) is 0 Å². The van der Waals surface area contributed by atoms with Crippen molar-refractivity contribution in [2.24, 2.45) is 0 Å². The third-order valence-corrected chi connectivity index (χ3v) is 6.94. The molecule has 184 valence electrons. The molecule has 1 saturated heterocycles. The number of para-hydroxylation sites is 2. The van der Waals surface area contributed by atoms with E-state index in [2.05, 4.69) is 27.3 Å². The molecule has 0 aliphatic carbocycles. The number of rotatable bonds is 9. The maximum absolute atomic E-state index is 12.6. The minimum Gasteiger partial charge on any atom is -0.497 e.